The van der Waals surface area contributed by atoms with Gasteiger partial charge in [0.1, 0.15) is 5.75 Å². The Bertz CT molecular complexity index is 697. The first-order valence-corrected chi connectivity index (χ1v) is 7.93. The second-order valence-electron chi connectivity index (χ2n) is 7.25. The Hall–Kier alpha value is -1.96. The van der Waals surface area contributed by atoms with Gasteiger partial charge in [0, 0.05) is 5.69 Å². The molecule has 1 aliphatic heterocycles. The van der Waals surface area contributed by atoms with Crippen LogP contribution < -0.4 is 10.1 Å². The number of anilines is 1. The van der Waals surface area contributed by atoms with E-state index in [4.69, 9.17) is 4.74 Å². The molecule has 2 aromatic rings. The molecule has 0 saturated heterocycles. The highest BCUT2D eigenvalue weighted by Crippen LogP contribution is 2.37. The monoisotopic (exact) mass is 295 g/mol. The van der Waals surface area contributed by atoms with Crippen LogP contribution in [-0.2, 0) is 11.8 Å². The van der Waals surface area contributed by atoms with Gasteiger partial charge >= 0.3 is 0 Å². The second kappa shape index (κ2) is 5.35. The van der Waals surface area contributed by atoms with E-state index in [-0.39, 0.29) is 5.41 Å². The zero-order valence-electron chi connectivity index (χ0n) is 14.2. The lowest BCUT2D eigenvalue weighted by atomic mass is 9.85. The molecule has 0 fully saturated rings. The van der Waals surface area contributed by atoms with E-state index < -0.39 is 0 Å². The molecule has 0 saturated carbocycles. The summed E-state index contributed by atoms with van der Waals surface area (Å²) in [5, 5.41) is 3.65. The smallest absolute Gasteiger partial charge is 0.121 e. The Balaban J connectivity index is 1.87. The molecule has 3 rings (SSSR count). The fourth-order valence-electron chi connectivity index (χ4n) is 3.15. The minimum atomic E-state index is 0.198. The Morgan fingerprint density at radius 1 is 1.09 bits per heavy atom. The van der Waals surface area contributed by atoms with Crippen molar-refractivity contribution in [2.45, 2.75) is 45.6 Å². The molecule has 1 unspecified atom stereocenters. The lowest BCUT2D eigenvalue weighted by Crippen LogP contribution is -2.10. The summed E-state index contributed by atoms with van der Waals surface area (Å²) in [5.74, 6) is 0.953. The van der Waals surface area contributed by atoms with Gasteiger partial charge in [-0.15, -0.1) is 0 Å². The van der Waals surface area contributed by atoms with E-state index in [1.807, 2.05) is 0 Å². The molecule has 1 N–H and O–H groups in total. The van der Waals surface area contributed by atoms with Crippen molar-refractivity contribution >= 4 is 5.69 Å². The number of methoxy groups -OCH3 is 1. The third-order valence-corrected chi connectivity index (χ3v) is 4.55. The van der Waals surface area contributed by atoms with Crippen LogP contribution in [0.2, 0.25) is 0 Å². The van der Waals surface area contributed by atoms with E-state index in [1.165, 1.54) is 27.9 Å². The Morgan fingerprint density at radius 3 is 2.50 bits per heavy atom. The average molecular weight is 295 g/mol. The SMILES string of the molecule is COc1ccc(C2Cc3cc(C(C)(C)C)ccc3N2)cc1C. The first-order chi connectivity index (χ1) is 10.4. The number of fused-ring (bicyclic) bond motifs is 1. The maximum Gasteiger partial charge on any atom is 0.121 e. The van der Waals surface area contributed by atoms with E-state index in [9.17, 15) is 0 Å². The minimum Gasteiger partial charge on any atom is -0.496 e. The summed E-state index contributed by atoms with van der Waals surface area (Å²) in [7, 11) is 1.72. The molecule has 2 heteroatoms. The summed E-state index contributed by atoms with van der Waals surface area (Å²) in [4.78, 5) is 0. The maximum absolute atomic E-state index is 5.36. The second-order valence-corrected chi connectivity index (χ2v) is 7.25. The van der Waals surface area contributed by atoms with Crippen LogP contribution in [0.3, 0.4) is 0 Å². The quantitative estimate of drug-likeness (QED) is 0.841. The van der Waals surface area contributed by atoms with Gasteiger partial charge in [0.25, 0.3) is 0 Å². The normalized spacial score (nSPS) is 17.0. The van der Waals surface area contributed by atoms with Crippen molar-refractivity contribution in [3.63, 3.8) is 0 Å². The zero-order valence-corrected chi connectivity index (χ0v) is 14.2. The molecule has 0 amide bonds. The summed E-state index contributed by atoms with van der Waals surface area (Å²) in [6.07, 6.45) is 1.05. The van der Waals surface area contributed by atoms with E-state index in [2.05, 4.69) is 69.4 Å². The molecular formula is C20H25NO. The van der Waals surface area contributed by atoms with Crippen molar-refractivity contribution in [1.82, 2.24) is 0 Å². The topological polar surface area (TPSA) is 21.3 Å². The van der Waals surface area contributed by atoms with Crippen molar-refractivity contribution in [3.8, 4) is 5.75 Å². The van der Waals surface area contributed by atoms with Crippen LogP contribution in [-0.4, -0.2) is 7.11 Å². The standard InChI is InChI=1S/C20H25NO/c1-13-10-14(6-9-19(13)22-5)18-12-15-11-16(20(2,3)4)7-8-17(15)21-18/h6-11,18,21H,12H2,1-5H3. The Kier molecular flexibility index (Phi) is 3.64. The first-order valence-electron chi connectivity index (χ1n) is 7.93. The van der Waals surface area contributed by atoms with Crippen molar-refractivity contribution in [1.29, 1.82) is 0 Å². The largest absolute Gasteiger partial charge is 0.496 e. The van der Waals surface area contributed by atoms with Crippen LogP contribution >= 0.6 is 0 Å². The van der Waals surface area contributed by atoms with E-state index in [1.54, 1.807) is 7.11 Å². The predicted octanol–water partition coefficient (Wildman–Crippen LogP) is 5.01. The number of hydrogen-bond donors (Lipinski definition) is 1. The van der Waals surface area contributed by atoms with Crippen molar-refractivity contribution in [2.75, 3.05) is 12.4 Å². The lowest BCUT2D eigenvalue weighted by Gasteiger charge is -2.19. The van der Waals surface area contributed by atoms with Crippen molar-refractivity contribution in [2.24, 2.45) is 0 Å². The summed E-state index contributed by atoms with van der Waals surface area (Å²) >= 11 is 0. The van der Waals surface area contributed by atoms with Crippen LogP contribution in [0.1, 0.15) is 49.1 Å². The summed E-state index contributed by atoms with van der Waals surface area (Å²) in [5.41, 5.74) is 6.81. The third-order valence-electron chi connectivity index (χ3n) is 4.55. The van der Waals surface area contributed by atoms with Crippen molar-refractivity contribution in [3.05, 3.63) is 58.7 Å². The number of ether oxygens (including phenoxy) is 1. The van der Waals surface area contributed by atoms with Crippen LogP contribution in [0.15, 0.2) is 36.4 Å². The molecule has 2 nitrogen and oxygen atoms in total. The molecule has 1 heterocycles. The van der Waals surface area contributed by atoms with Gasteiger partial charge in [-0.1, -0.05) is 45.0 Å². The average Bonchev–Trinajstić information content (AvgIpc) is 2.89. The van der Waals surface area contributed by atoms with Gasteiger partial charge < -0.3 is 10.1 Å². The molecule has 0 radical (unpaired) electrons. The molecule has 1 aliphatic rings. The molecule has 0 bridgehead atoms. The van der Waals surface area contributed by atoms with Gasteiger partial charge in [0.05, 0.1) is 13.2 Å². The Morgan fingerprint density at radius 2 is 1.86 bits per heavy atom. The maximum atomic E-state index is 5.36. The summed E-state index contributed by atoms with van der Waals surface area (Å²) in [6, 6.07) is 13.6. The predicted molar refractivity (Wildman–Crippen MR) is 92.9 cm³/mol. The highest BCUT2D eigenvalue weighted by atomic mass is 16.5. The number of aryl methyl sites for hydroxylation is 1. The van der Waals surface area contributed by atoms with Crippen molar-refractivity contribution < 1.29 is 4.74 Å². The van der Waals surface area contributed by atoms with Gasteiger partial charge in [-0.3, -0.25) is 0 Å². The molecule has 22 heavy (non-hydrogen) atoms. The van der Waals surface area contributed by atoms with Gasteiger partial charge in [0.15, 0.2) is 0 Å². The van der Waals surface area contributed by atoms with Crippen LogP contribution in [0, 0.1) is 6.92 Å². The number of benzene rings is 2. The number of nitrogens with one attached hydrogen (secondary N) is 1. The first kappa shape index (κ1) is 15.0. The van der Waals surface area contributed by atoms with Gasteiger partial charge in [-0.25, -0.2) is 0 Å². The van der Waals surface area contributed by atoms with Crippen LogP contribution in [0.4, 0.5) is 5.69 Å². The number of hydrogen-bond acceptors (Lipinski definition) is 2. The molecule has 0 aliphatic carbocycles. The third kappa shape index (κ3) is 2.70. The molecule has 0 aromatic heterocycles. The zero-order chi connectivity index (χ0) is 15.9. The molecule has 2 aromatic carbocycles. The summed E-state index contributed by atoms with van der Waals surface area (Å²) < 4.78 is 5.36. The van der Waals surface area contributed by atoms with Gasteiger partial charge in [-0.05, 0) is 53.1 Å². The fourth-order valence-corrected chi connectivity index (χ4v) is 3.15. The molecule has 0 spiro atoms. The highest BCUT2D eigenvalue weighted by molar-refractivity contribution is 5.60. The van der Waals surface area contributed by atoms with Gasteiger partial charge in [0.2, 0.25) is 0 Å². The fraction of sp³-hybridized carbons (Fsp3) is 0.400. The highest BCUT2D eigenvalue weighted by Gasteiger charge is 2.24. The van der Waals surface area contributed by atoms with Crippen LogP contribution in [0.25, 0.3) is 0 Å². The van der Waals surface area contributed by atoms with E-state index in [0.29, 0.717) is 6.04 Å². The number of rotatable bonds is 2. The van der Waals surface area contributed by atoms with E-state index in [0.717, 1.165) is 12.2 Å². The minimum absolute atomic E-state index is 0.198. The molecular weight excluding hydrogens is 270 g/mol. The van der Waals surface area contributed by atoms with Crippen LogP contribution in [0.5, 0.6) is 5.75 Å². The van der Waals surface area contributed by atoms with E-state index >= 15 is 0 Å². The molecule has 1 atom stereocenters. The van der Waals surface area contributed by atoms with Gasteiger partial charge in [-0.2, -0.15) is 0 Å². The Labute approximate surface area is 133 Å². The lowest BCUT2D eigenvalue weighted by molar-refractivity contribution is 0.411. The molecule has 116 valence electrons. The summed E-state index contributed by atoms with van der Waals surface area (Å²) in [6.45, 7) is 8.90.